The summed E-state index contributed by atoms with van der Waals surface area (Å²) in [5.74, 6) is 0.992. The summed E-state index contributed by atoms with van der Waals surface area (Å²) in [6, 6.07) is 0. The molecule has 1 saturated heterocycles. The minimum Gasteiger partial charge on any atom is -0.375 e. The first kappa shape index (κ1) is 15.2. The Kier molecular flexibility index (Phi) is 7.02. The highest BCUT2D eigenvalue weighted by atomic mass is 16.5. The molecule has 0 aromatic carbocycles. The maximum Gasteiger partial charge on any atom is 0.223 e. The zero-order chi connectivity index (χ0) is 13.4. The number of morpholine rings is 1. The first-order valence-electron chi connectivity index (χ1n) is 7.13. The summed E-state index contributed by atoms with van der Waals surface area (Å²) >= 11 is 0. The number of hydrogen-bond donors (Lipinski definition) is 0. The van der Waals surface area contributed by atoms with Crippen LogP contribution >= 0.6 is 0 Å². The van der Waals surface area contributed by atoms with Crippen molar-refractivity contribution in [2.75, 3.05) is 19.7 Å². The SMILES string of the molecule is C=CCCC(=O)N1CCO[C@@H](CCCC(C)C)C1. The lowest BCUT2D eigenvalue weighted by Crippen LogP contribution is -2.45. The van der Waals surface area contributed by atoms with Crippen molar-refractivity contribution in [3.63, 3.8) is 0 Å². The molecule has 1 aliphatic rings. The van der Waals surface area contributed by atoms with E-state index in [2.05, 4.69) is 20.4 Å². The molecule has 1 amide bonds. The van der Waals surface area contributed by atoms with E-state index in [1.54, 1.807) is 6.08 Å². The number of ether oxygens (including phenoxy) is 1. The van der Waals surface area contributed by atoms with Crippen molar-refractivity contribution in [2.45, 2.75) is 52.1 Å². The molecule has 0 radical (unpaired) electrons. The van der Waals surface area contributed by atoms with Gasteiger partial charge >= 0.3 is 0 Å². The van der Waals surface area contributed by atoms with Crippen LogP contribution in [0, 0.1) is 5.92 Å². The Labute approximate surface area is 111 Å². The fourth-order valence-electron chi connectivity index (χ4n) is 2.26. The highest BCUT2D eigenvalue weighted by Crippen LogP contribution is 2.15. The molecule has 3 heteroatoms. The third-order valence-electron chi connectivity index (χ3n) is 3.36. The molecule has 1 aliphatic heterocycles. The van der Waals surface area contributed by atoms with Gasteiger partial charge in [-0.05, 0) is 18.8 Å². The van der Waals surface area contributed by atoms with E-state index in [0.29, 0.717) is 13.0 Å². The third-order valence-corrected chi connectivity index (χ3v) is 3.36. The Morgan fingerprint density at radius 3 is 3.00 bits per heavy atom. The molecule has 1 heterocycles. The van der Waals surface area contributed by atoms with Crippen LogP contribution in [-0.4, -0.2) is 36.6 Å². The molecule has 104 valence electrons. The molecule has 0 aromatic heterocycles. The average Bonchev–Trinajstić information content (AvgIpc) is 2.36. The van der Waals surface area contributed by atoms with E-state index in [1.165, 1.54) is 12.8 Å². The van der Waals surface area contributed by atoms with E-state index in [4.69, 9.17) is 4.74 Å². The second kappa shape index (κ2) is 8.30. The standard InChI is InChI=1S/C15H27NO2/c1-4-5-9-15(17)16-10-11-18-14(12-16)8-6-7-13(2)3/h4,13-14H,1,5-12H2,2-3H3/t14-/m0/s1. The normalized spacial score (nSPS) is 20.2. The molecule has 1 atom stereocenters. The second-order valence-corrected chi connectivity index (χ2v) is 5.48. The van der Waals surface area contributed by atoms with Gasteiger partial charge in [-0.1, -0.05) is 32.8 Å². The molecular weight excluding hydrogens is 226 g/mol. The molecule has 3 nitrogen and oxygen atoms in total. The number of hydrogen-bond acceptors (Lipinski definition) is 2. The summed E-state index contributed by atoms with van der Waals surface area (Å²) in [6.45, 7) is 10.3. The number of nitrogens with zero attached hydrogens (tertiary/aromatic N) is 1. The van der Waals surface area contributed by atoms with Crippen molar-refractivity contribution < 1.29 is 9.53 Å². The van der Waals surface area contributed by atoms with Gasteiger partial charge in [-0.15, -0.1) is 6.58 Å². The number of carbonyl (C=O) groups is 1. The van der Waals surface area contributed by atoms with Crippen molar-refractivity contribution >= 4 is 5.91 Å². The Bertz CT molecular complexity index is 263. The fraction of sp³-hybridized carbons (Fsp3) is 0.800. The van der Waals surface area contributed by atoms with Gasteiger partial charge in [-0.25, -0.2) is 0 Å². The van der Waals surface area contributed by atoms with Gasteiger partial charge in [0.2, 0.25) is 5.91 Å². The first-order valence-corrected chi connectivity index (χ1v) is 7.13. The maximum atomic E-state index is 11.9. The molecule has 0 N–H and O–H groups in total. The summed E-state index contributed by atoms with van der Waals surface area (Å²) in [7, 11) is 0. The molecule has 0 spiro atoms. The van der Waals surface area contributed by atoms with Crippen molar-refractivity contribution in [1.29, 1.82) is 0 Å². The van der Waals surface area contributed by atoms with E-state index >= 15 is 0 Å². The van der Waals surface area contributed by atoms with Crippen LogP contribution in [0.1, 0.15) is 46.0 Å². The highest BCUT2D eigenvalue weighted by Gasteiger charge is 2.23. The number of carbonyl (C=O) groups excluding carboxylic acids is 1. The van der Waals surface area contributed by atoms with E-state index in [-0.39, 0.29) is 12.0 Å². The second-order valence-electron chi connectivity index (χ2n) is 5.48. The quantitative estimate of drug-likeness (QED) is 0.653. The van der Waals surface area contributed by atoms with E-state index < -0.39 is 0 Å². The van der Waals surface area contributed by atoms with Crippen LogP contribution in [0.2, 0.25) is 0 Å². The zero-order valence-electron chi connectivity index (χ0n) is 11.9. The van der Waals surface area contributed by atoms with Crippen molar-refractivity contribution in [2.24, 2.45) is 5.92 Å². The summed E-state index contributed by atoms with van der Waals surface area (Å²) in [6.07, 6.45) is 6.91. The van der Waals surface area contributed by atoms with Crippen LogP contribution in [0.15, 0.2) is 12.7 Å². The monoisotopic (exact) mass is 253 g/mol. The summed E-state index contributed by atoms with van der Waals surface area (Å²) in [5, 5.41) is 0. The van der Waals surface area contributed by atoms with Crippen LogP contribution in [-0.2, 0) is 9.53 Å². The predicted octanol–water partition coefficient (Wildman–Crippen LogP) is 3.01. The van der Waals surface area contributed by atoms with Crippen LogP contribution in [0.5, 0.6) is 0 Å². The first-order chi connectivity index (χ1) is 8.63. The molecule has 18 heavy (non-hydrogen) atoms. The smallest absolute Gasteiger partial charge is 0.223 e. The van der Waals surface area contributed by atoms with Crippen LogP contribution in [0.4, 0.5) is 0 Å². The summed E-state index contributed by atoms with van der Waals surface area (Å²) in [4.78, 5) is 13.9. The zero-order valence-corrected chi connectivity index (χ0v) is 11.9. The van der Waals surface area contributed by atoms with Crippen molar-refractivity contribution in [3.8, 4) is 0 Å². The van der Waals surface area contributed by atoms with Gasteiger partial charge in [0.05, 0.1) is 12.7 Å². The van der Waals surface area contributed by atoms with Gasteiger partial charge in [0.1, 0.15) is 0 Å². The Balaban J connectivity index is 2.27. The van der Waals surface area contributed by atoms with E-state index in [0.717, 1.165) is 31.8 Å². The molecule has 0 saturated carbocycles. The van der Waals surface area contributed by atoms with Gasteiger partial charge in [0.25, 0.3) is 0 Å². The summed E-state index contributed by atoms with van der Waals surface area (Å²) < 4.78 is 5.73. The van der Waals surface area contributed by atoms with Crippen molar-refractivity contribution in [1.82, 2.24) is 4.90 Å². The minimum atomic E-state index is 0.241. The minimum absolute atomic E-state index is 0.241. The predicted molar refractivity (Wildman–Crippen MR) is 74.4 cm³/mol. The molecule has 0 bridgehead atoms. The highest BCUT2D eigenvalue weighted by molar-refractivity contribution is 5.76. The lowest BCUT2D eigenvalue weighted by molar-refractivity contribution is -0.139. The largest absolute Gasteiger partial charge is 0.375 e. The van der Waals surface area contributed by atoms with E-state index in [1.807, 2.05) is 4.90 Å². The van der Waals surface area contributed by atoms with Crippen LogP contribution in [0.25, 0.3) is 0 Å². The number of amides is 1. The number of rotatable bonds is 7. The Morgan fingerprint density at radius 2 is 2.33 bits per heavy atom. The molecule has 1 fully saturated rings. The van der Waals surface area contributed by atoms with Crippen LogP contribution in [0.3, 0.4) is 0 Å². The van der Waals surface area contributed by atoms with E-state index in [9.17, 15) is 4.79 Å². The average molecular weight is 253 g/mol. The topological polar surface area (TPSA) is 29.5 Å². The van der Waals surface area contributed by atoms with Gasteiger partial charge in [0, 0.05) is 19.5 Å². The Hall–Kier alpha value is -0.830. The lowest BCUT2D eigenvalue weighted by atomic mass is 10.0. The van der Waals surface area contributed by atoms with Gasteiger partial charge < -0.3 is 9.64 Å². The molecule has 0 aromatic rings. The van der Waals surface area contributed by atoms with Gasteiger partial charge in [-0.2, -0.15) is 0 Å². The van der Waals surface area contributed by atoms with Crippen molar-refractivity contribution in [3.05, 3.63) is 12.7 Å². The molecule has 0 unspecified atom stereocenters. The Morgan fingerprint density at radius 1 is 1.56 bits per heavy atom. The molecule has 0 aliphatic carbocycles. The third kappa shape index (κ3) is 5.67. The van der Waals surface area contributed by atoms with Gasteiger partial charge in [-0.3, -0.25) is 4.79 Å². The lowest BCUT2D eigenvalue weighted by Gasteiger charge is -2.33. The fourth-order valence-corrected chi connectivity index (χ4v) is 2.26. The molecule has 1 rings (SSSR count). The number of allylic oxidation sites excluding steroid dienone is 1. The maximum absolute atomic E-state index is 11.9. The van der Waals surface area contributed by atoms with Crippen LogP contribution < -0.4 is 0 Å². The van der Waals surface area contributed by atoms with Gasteiger partial charge in [0.15, 0.2) is 0 Å². The molecular formula is C15H27NO2. The summed E-state index contributed by atoms with van der Waals surface area (Å²) in [5.41, 5.74) is 0.